The van der Waals surface area contributed by atoms with Crippen molar-refractivity contribution < 1.29 is 91.4 Å². The average Bonchev–Trinajstić information content (AvgIpc) is 0.745. The highest BCUT2D eigenvalue weighted by Gasteiger charge is 2.37. The van der Waals surface area contributed by atoms with Crippen molar-refractivity contribution in [1.29, 1.82) is 21.6 Å². The van der Waals surface area contributed by atoms with E-state index in [-0.39, 0.29) is 168 Å². The van der Waals surface area contributed by atoms with Gasteiger partial charge in [-0.2, -0.15) is 4.99 Å². The van der Waals surface area contributed by atoms with Crippen molar-refractivity contribution in [1.82, 2.24) is 69.1 Å². The van der Waals surface area contributed by atoms with E-state index in [1.807, 2.05) is 13.8 Å². The second-order valence-corrected chi connectivity index (χ2v) is 33.5. The number of hydrogen-bond donors (Lipinski definition) is 27. The monoisotopic (exact) mass is 1850 g/mol. The van der Waals surface area contributed by atoms with Gasteiger partial charge in [0.2, 0.25) is 53.2 Å². The summed E-state index contributed by atoms with van der Waals surface area (Å²) in [6.45, 7) is 3.75. The van der Waals surface area contributed by atoms with Gasteiger partial charge in [0.1, 0.15) is 65.4 Å². The molecule has 5 rings (SSSR count). The van der Waals surface area contributed by atoms with Gasteiger partial charge in [0.15, 0.2) is 29.3 Å². The van der Waals surface area contributed by atoms with E-state index in [2.05, 4.69) is 81.0 Å². The van der Waals surface area contributed by atoms with Crippen molar-refractivity contribution in [2.75, 3.05) is 45.9 Å². The Hall–Kier alpha value is -12.9. The number of fused-ring (bicyclic) bond motifs is 2. The Morgan fingerprint density at radius 1 is 0.481 bits per heavy atom. The molecule has 0 spiro atoms. The summed E-state index contributed by atoms with van der Waals surface area (Å²) in [4.78, 5) is 194. The van der Waals surface area contributed by atoms with Crippen LogP contribution in [0, 0.1) is 27.6 Å². The summed E-state index contributed by atoms with van der Waals surface area (Å²) in [5, 5.41) is 96.6. The summed E-state index contributed by atoms with van der Waals surface area (Å²) in [6.07, 6.45) is 13.3. The number of phenolic OH excluding ortho intramolecular Hbond substituents is 1. The minimum atomic E-state index is -5.52. The molecule has 1 heterocycles. The molecule has 0 aromatic heterocycles. The molecule has 720 valence electrons. The van der Waals surface area contributed by atoms with Gasteiger partial charge in [-0.3, -0.25) is 78.9 Å². The molecule has 8 unspecified atom stereocenters. The van der Waals surface area contributed by atoms with Crippen LogP contribution in [0.15, 0.2) is 99.1 Å². The summed E-state index contributed by atoms with van der Waals surface area (Å²) >= 11 is 0. The number of amides is 10. The highest BCUT2D eigenvalue weighted by Crippen LogP contribution is 2.42. The van der Waals surface area contributed by atoms with E-state index in [0.717, 1.165) is 38.2 Å². The van der Waals surface area contributed by atoms with Crippen LogP contribution in [0.1, 0.15) is 214 Å². The Morgan fingerprint density at radius 2 is 0.916 bits per heavy atom. The maximum absolute atomic E-state index is 15.1. The van der Waals surface area contributed by atoms with E-state index in [1.54, 1.807) is 30.3 Å². The molecule has 2 aliphatic rings. The van der Waals surface area contributed by atoms with Gasteiger partial charge in [0, 0.05) is 79.8 Å². The van der Waals surface area contributed by atoms with E-state index in [9.17, 15) is 77.6 Å². The van der Waals surface area contributed by atoms with E-state index in [0.29, 0.717) is 28.5 Å². The standard InChI is InChI=1S/C87H132N23O20P/c1-4-5-6-7-8-9-10-11-12-13-14-15-19-33-71(113)102-66(45-52(2)3)80(121)106-64(31-24-43-100-86(93)94)77(118)104-62(29-22-41-98-84(89)90)75(116)103-63(30-23-42-99-85(91)92)76(117)105-65(32-25-44-101-87(95)96)78(119)108-67(46-53-26-17-16-18-27-53)81(122)109-68(51-129-131(126,127)128)82(123)107-61(79(120)110-72(114)50-88)28-20-21-40-97-74(115)54-34-37-57(60(47-54)83(124)125)73-58-38-35-55(111)48-69(58)130-70-49-56(112)36-39-59(70)73/h16-18,26-27,34-39,47-49,52,61-68,111H,4-15,19-25,28-33,40-46,50-51,88H2,1-3H3,(H,97,115)(H,102,113)(H,103,116)(H,104,118)(H,105,117)(H,106,121)(H,107,123)(H,108,119)(H,109,122)(H,124,125)(H4,89,90,98)(H4,91,92,99)(H4,93,94,100)(H4,95,96,101)(H,110,114,120)(H2,126,127,128). The Bertz CT molecular complexity index is 4760. The lowest BCUT2D eigenvalue weighted by Crippen LogP contribution is -2.61. The minimum absolute atomic E-state index is 0.00164. The molecule has 3 aromatic rings. The van der Waals surface area contributed by atoms with Gasteiger partial charge in [-0.25, -0.2) is 9.36 Å². The lowest BCUT2D eigenvalue weighted by atomic mass is 9.90. The van der Waals surface area contributed by atoms with Crippen LogP contribution in [0.4, 0.5) is 0 Å². The van der Waals surface area contributed by atoms with Crippen LogP contribution in [0.2, 0.25) is 0 Å². The van der Waals surface area contributed by atoms with Crippen LogP contribution in [-0.2, 0) is 58.7 Å². The first-order valence-electron chi connectivity index (χ1n) is 44.2. The van der Waals surface area contributed by atoms with Gasteiger partial charge in [0.25, 0.3) is 11.8 Å². The van der Waals surface area contributed by atoms with Gasteiger partial charge < -0.3 is 127 Å². The van der Waals surface area contributed by atoms with Crippen LogP contribution in [0.25, 0.3) is 33.4 Å². The molecule has 0 saturated heterocycles. The topological polar surface area (TPSA) is 740 Å². The van der Waals surface area contributed by atoms with E-state index >= 15 is 9.59 Å². The number of phenols is 1. The van der Waals surface area contributed by atoms with Crippen molar-refractivity contribution in [3.63, 3.8) is 0 Å². The number of carboxylic acid groups (broad SMARTS) is 1. The second-order valence-electron chi connectivity index (χ2n) is 32.3. The normalized spacial score (nSPS) is 13.3. The minimum Gasteiger partial charge on any atom is -0.508 e. The van der Waals surface area contributed by atoms with Crippen LogP contribution in [-0.4, -0.2) is 214 Å². The highest BCUT2D eigenvalue weighted by atomic mass is 31.2. The van der Waals surface area contributed by atoms with Gasteiger partial charge >= 0.3 is 13.8 Å². The number of nitrogens with one attached hydrogen (secondary N) is 17. The number of phosphoric acid groups is 1. The summed E-state index contributed by atoms with van der Waals surface area (Å²) in [7, 11) is -5.52. The number of aliphatic imine (C=N–C) groups is 1. The predicted octanol–water partition coefficient (Wildman–Crippen LogP) is 3.12. The fraction of sp³-hybridized carbons (Fsp3) is 0.529. The number of nitrogens with zero attached hydrogens (tertiary/aromatic N) is 1. The van der Waals surface area contributed by atoms with Crippen molar-refractivity contribution in [3.8, 4) is 28.2 Å². The highest BCUT2D eigenvalue weighted by molar-refractivity contribution is 7.46. The van der Waals surface area contributed by atoms with Crippen LogP contribution >= 0.6 is 7.82 Å². The number of aromatic hydroxyl groups is 1. The summed E-state index contributed by atoms with van der Waals surface area (Å²) in [6, 6.07) is 6.91. The molecule has 0 fully saturated rings. The number of rotatable bonds is 62. The average molecular weight is 1850 g/mol. The summed E-state index contributed by atoms with van der Waals surface area (Å²) < 4.78 is 23.0. The van der Waals surface area contributed by atoms with Gasteiger partial charge in [-0.05, 0) is 137 Å². The Kier molecular flexibility index (Phi) is 48.1. The third-order valence-corrected chi connectivity index (χ3v) is 21.5. The molecular formula is C87H132N23O20P. The maximum atomic E-state index is 15.1. The number of nitrogens with two attached hydrogens (primary N) is 5. The molecule has 8 atom stereocenters. The van der Waals surface area contributed by atoms with E-state index in [4.69, 9.17) is 59.2 Å². The Labute approximate surface area is 760 Å². The molecule has 1 aliphatic heterocycles. The third-order valence-electron chi connectivity index (χ3n) is 21.0. The fourth-order valence-electron chi connectivity index (χ4n) is 14.3. The van der Waals surface area contributed by atoms with E-state index in [1.165, 1.54) is 93.5 Å². The molecule has 131 heavy (non-hydrogen) atoms. The van der Waals surface area contributed by atoms with E-state index < -0.39 is 164 Å². The fourth-order valence-corrected chi connectivity index (χ4v) is 14.6. The van der Waals surface area contributed by atoms with Crippen molar-refractivity contribution in [2.45, 2.75) is 242 Å². The number of hydrogen-bond acceptors (Lipinski definition) is 21. The Morgan fingerprint density at radius 3 is 1.39 bits per heavy atom. The van der Waals surface area contributed by atoms with Gasteiger partial charge in [-0.1, -0.05) is 134 Å². The molecule has 32 N–H and O–H groups in total. The van der Waals surface area contributed by atoms with Crippen molar-refractivity contribution >= 4 is 114 Å². The largest absolute Gasteiger partial charge is 0.508 e. The molecular weight excluding hydrogens is 1720 g/mol. The summed E-state index contributed by atoms with van der Waals surface area (Å²) in [5.41, 5.74) is 28.4. The lowest BCUT2D eigenvalue weighted by Gasteiger charge is -2.28. The smallest absolute Gasteiger partial charge is 0.469 e. The number of aromatic carboxylic acids is 1. The number of phosphoric ester groups is 1. The first-order valence-corrected chi connectivity index (χ1v) is 45.7. The molecule has 44 heteroatoms. The summed E-state index contributed by atoms with van der Waals surface area (Å²) in [5.74, 6) is -13.8. The van der Waals surface area contributed by atoms with Crippen molar-refractivity contribution in [3.05, 3.63) is 112 Å². The van der Waals surface area contributed by atoms with Crippen molar-refractivity contribution in [2.24, 2.45) is 39.6 Å². The second kappa shape index (κ2) is 57.9. The molecule has 0 radical (unpaired) electrons. The number of aliphatic hydroxyl groups is 1. The first kappa shape index (κ1) is 109. The number of carbonyl (C=O) groups is 11. The maximum Gasteiger partial charge on any atom is 0.469 e. The molecule has 0 bridgehead atoms. The zero-order valence-electron chi connectivity index (χ0n) is 74.5. The Balaban J connectivity index is 1.40. The van der Waals surface area contributed by atoms with Gasteiger partial charge in [0.05, 0.1) is 18.7 Å². The lowest BCUT2D eigenvalue weighted by molar-refractivity contribution is -0.136. The van der Waals surface area contributed by atoms with Crippen LogP contribution in [0.3, 0.4) is 0 Å². The quantitative estimate of drug-likeness (QED) is 0.00874. The number of carboxylic acids is 1. The van der Waals surface area contributed by atoms with Crippen LogP contribution in [0.5, 0.6) is 5.75 Å². The molecule has 43 nitrogen and oxygen atoms in total. The molecule has 3 aromatic carbocycles. The number of carbonyl (C=O) groups excluding carboxylic acids is 10. The molecule has 1 aliphatic carbocycles. The predicted molar refractivity (Wildman–Crippen MR) is 493 cm³/mol. The zero-order valence-corrected chi connectivity index (χ0v) is 75.4. The number of unbranched alkanes of at least 4 members (excludes halogenated alkanes) is 13. The first-order chi connectivity index (χ1) is 62.4. The number of guanidine groups is 4. The third kappa shape index (κ3) is 41.6. The zero-order chi connectivity index (χ0) is 96.5. The number of aliphatic hydroxyl groups excluding tert-OH is 1. The molecule has 10 amide bonds. The molecule has 0 saturated carbocycles. The SMILES string of the molecule is CCCCCCCCCCCCCCCC(=O)NC(CC(C)C)C(=O)NC(CCCNC(=N)N)C(=O)NC(CCCNC(=N)N)C(=O)NC(CCCNC(=N)N)C(=O)NC(CCCNC(=N)N)C(=O)NC(Cc1ccccc1)C(=O)NC(COP(=O)(O)O)C(=O)NC(CCCCNC(=O)c1ccc(-c2c3ccc(=O)cc-3oc3cc(O)ccc23)c(C(=O)O)c1)C(=O)N=C(O)CN. The number of benzene rings is 4. The van der Waals surface area contributed by atoms with Crippen LogP contribution < -0.4 is 103 Å². The van der Waals surface area contributed by atoms with Gasteiger partial charge in [-0.15, -0.1) is 0 Å².